The van der Waals surface area contributed by atoms with Crippen LogP contribution in [0.1, 0.15) is 58.4 Å². The van der Waals surface area contributed by atoms with E-state index in [1.807, 2.05) is 30.3 Å². The second kappa shape index (κ2) is 7.79. The van der Waals surface area contributed by atoms with E-state index < -0.39 is 10.0 Å². The van der Waals surface area contributed by atoms with Crippen LogP contribution in [-0.2, 0) is 14.8 Å². The highest BCUT2D eigenvalue weighted by Crippen LogP contribution is 2.65. The second-order valence-electron chi connectivity index (χ2n) is 10.1. The van der Waals surface area contributed by atoms with Crippen molar-refractivity contribution in [3.63, 3.8) is 0 Å². The predicted octanol–water partition coefficient (Wildman–Crippen LogP) is 4.03. The molecule has 5 nitrogen and oxygen atoms in total. The third kappa shape index (κ3) is 3.73. The molecule has 1 amide bonds. The predicted molar refractivity (Wildman–Crippen MR) is 120 cm³/mol. The zero-order valence-electron chi connectivity index (χ0n) is 18.3. The number of piperidine rings is 1. The fourth-order valence-corrected chi connectivity index (χ4v) is 7.12. The van der Waals surface area contributed by atoms with Gasteiger partial charge in [-0.15, -0.1) is 0 Å². The number of sulfonamides is 1. The van der Waals surface area contributed by atoms with Crippen LogP contribution < -0.4 is 5.32 Å². The fourth-order valence-electron chi connectivity index (χ4n) is 5.90. The molecule has 0 aromatic heterocycles. The lowest BCUT2D eigenvalue weighted by atomic mass is 9.69. The van der Waals surface area contributed by atoms with Crippen LogP contribution in [0.4, 0.5) is 0 Å². The van der Waals surface area contributed by atoms with Gasteiger partial charge in [-0.05, 0) is 60.5 Å². The number of amides is 1. The molecule has 3 aliphatic rings. The first-order chi connectivity index (χ1) is 14.1. The Kier molecular flexibility index (Phi) is 5.60. The molecule has 1 aromatic carbocycles. The summed E-state index contributed by atoms with van der Waals surface area (Å²) in [6.45, 7) is 7.83. The first-order valence-corrected chi connectivity index (χ1v) is 12.7. The topological polar surface area (TPSA) is 66.5 Å². The number of carbonyl (C=O) groups excluding carboxylic acids is 1. The van der Waals surface area contributed by atoms with Crippen LogP contribution in [0.25, 0.3) is 6.08 Å². The van der Waals surface area contributed by atoms with E-state index in [1.165, 1.54) is 22.6 Å². The van der Waals surface area contributed by atoms with Crippen molar-refractivity contribution in [3.05, 3.63) is 41.3 Å². The van der Waals surface area contributed by atoms with Gasteiger partial charge in [0.2, 0.25) is 15.9 Å². The van der Waals surface area contributed by atoms with E-state index in [9.17, 15) is 13.2 Å². The van der Waals surface area contributed by atoms with Crippen molar-refractivity contribution in [2.24, 2.45) is 22.7 Å². The van der Waals surface area contributed by atoms with Crippen molar-refractivity contribution in [1.82, 2.24) is 9.62 Å². The zero-order valence-corrected chi connectivity index (χ0v) is 19.1. The van der Waals surface area contributed by atoms with Crippen LogP contribution in [0.5, 0.6) is 0 Å². The SMILES string of the molecule is CC1(C)C2CCC1(C)C(NC(=O)C1CCN(S(=O)(=O)C=Cc3ccccc3)CC1)C2. The third-order valence-electron chi connectivity index (χ3n) is 8.53. The smallest absolute Gasteiger partial charge is 0.236 e. The Bertz CT molecular complexity index is 917. The van der Waals surface area contributed by atoms with Crippen molar-refractivity contribution in [2.45, 2.75) is 58.9 Å². The molecular weight excluding hydrogens is 396 g/mol. The normalized spacial score (nSPS) is 32.0. The van der Waals surface area contributed by atoms with Crippen LogP contribution in [0, 0.1) is 22.7 Å². The summed E-state index contributed by atoms with van der Waals surface area (Å²) in [5.74, 6) is 0.707. The molecule has 2 bridgehead atoms. The van der Waals surface area contributed by atoms with Gasteiger partial charge in [-0.3, -0.25) is 4.79 Å². The van der Waals surface area contributed by atoms with Gasteiger partial charge in [-0.25, -0.2) is 8.42 Å². The molecule has 3 atom stereocenters. The van der Waals surface area contributed by atoms with Gasteiger partial charge < -0.3 is 5.32 Å². The first kappa shape index (κ1) is 21.6. The molecule has 4 rings (SSSR count). The van der Waals surface area contributed by atoms with E-state index in [1.54, 1.807) is 6.08 Å². The molecule has 3 unspecified atom stereocenters. The Morgan fingerprint density at radius 3 is 2.33 bits per heavy atom. The van der Waals surface area contributed by atoms with Crippen molar-refractivity contribution in [3.8, 4) is 0 Å². The summed E-state index contributed by atoms with van der Waals surface area (Å²) in [5, 5.41) is 4.63. The maximum atomic E-state index is 13.0. The highest BCUT2D eigenvalue weighted by atomic mass is 32.2. The number of hydrogen-bond acceptors (Lipinski definition) is 3. The van der Waals surface area contributed by atoms with Gasteiger partial charge in [0, 0.05) is 30.5 Å². The lowest BCUT2D eigenvalue weighted by Gasteiger charge is -2.40. The monoisotopic (exact) mass is 430 g/mol. The Labute approximate surface area is 181 Å². The standard InChI is InChI=1S/C24H34N2O3S/c1-23(2)20-9-13-24(23,3)21(17-20)25-22(27)19-10-14-26(15-11-19)30(28,29)16-12-18-7-5-4-6-8-18/h4-8,12,16,19-21H,9-11,13-15,17H2,1-3H3,(H,25,27). The number of benzene rings is 1. The Morgan fingerprint density at radius 1 is 1.10 bits per heavy atom. The molecule has 0 radical (unpaired) electrons. The molecule has 1 saturated heterocycles. The van der Waals surface area contributed by atoms with Crippen molar-refractivity contribution in [1.29, 1.82) is 0 Å². The summed E-state index contributed by atoms with van der Waals surface area (Å²) in [7, 11) is -3.46. The quantitative estimate of drug-likeness (QED) is 0.767. The number of fused-ring (bicyclic) bond motifs is 2. The maximum absolute atomic E-state index is 13.0. The van der Waals surface area contributed by atoms with Gasteiger partial charge >= 0.3 is 0 Å². The number of nitrogens with one attached hydrogen (secondary N) is 1. The summed E-state index contributed by atoms with van der Waals surface area (Å²) < 4.78 is 26.8. The minimum Gasteiger partial charge on any atom is -0.353 e. The van der Waals surface area contributed by atoms with Gasteiger partial charge in [0.25, 0.3) is 0 Å². The molecule has 30 heavy (non-hydrogen) atoms. The fraction of sp³-hybridized carbons (Fsp3) is 0.625. The molecule has 164 valence electrons. The molecular formula is C24H34N2O3S. The zero-order chi connectivity index (χ0) is 21.6. The minimum atomic E-state index is -3.46. The average Bonchev–Trinajstić information content (AvgIpc) is 3.07. The molecule has 3 fully saturated rings. The summed E-state index contributed by atoms with van der Waals surface area (Å²) in [5.41, 5.74) is 1.30. The summed E-state index contributed by atoms with van der Waals surface area (Å²) in [4.78, 5) is 13.0. The van der Waals surface area contributed by atoms with Crippen LogP contribution in [0.2, 0.25) is 0 Å². The van der Waals surface area contributed by atoms with Gasteiger partial charge in [0.05, 0.1) is 0 Å². The lowest BCUT2D eigenvalue weighted by Crippen LogP contribution is -2.50. The van der Waals surface area contributed by atoms with Crippen molar-refractivity contribution >= 4 is 22.0 Å². The molecule has 0 spiro atoms. The average molecular weight is 431 g/mol. The van der Waals surface area contributed by atoms with Crippen molar-refractivity contribution in [2.75, 3.05) is 13.1 Å². The van der Waals surface area contributed by atoms with E-state index in [4.69, 9.17) is 0 Å². The van der Waals surface area contributed by atoms with Gasteiger partial charge in [0.15, 0.2) is 0 Å². The second-order valence-corrected chi connectivity index (χ2v) is 11.9. The Balaban J connectivity index is 1.32. The summed E-state index contributed by atoms with van der Waals surface area (Å²) >= 11 is 0. The molecule has 2 aliphatic carbocycles. The minimum absolute atomic E-state index is 0.0969. The van der Waals surface area contributed by atoms with Gasteiger partial charge in [0.1, 0.15) is 0 Å². The number of hydrogen-bond donors (Lipinski definition) is 1. The number of carbonyl (C=O) groups is 1. The lowest BCUT2D eigenvalue weighted by molar-refractivity contribution is -0.127. The molecule has 1 N–H and O–H groups in total. The molecule has 2 saturated carbocycles. The van der Waals surface area contributed by atoms with Crippen molar-refractivity contribution < 1.29 is 13.2 Å². The Hall–Kier alpha value is -1.66. The van der Waals surface area contributed by atoms with Crippen LogP contribution in [-0.4, -0.2) is 37.8 Å². The van der Waals surface area contributed by atoms with Crippen LogP contribution in [0.3, 0.4) is 0 Å². The highest BCUT2D eigenvalue weighted by Gasteiger charge is 2.61. The third-order valence-corrected chi connectivity index (χ3v) is 10.1. The summed E-state index contributed by atoms with van der Waals surface area (Å²) in [6.07, 6.45) is 6.32. The molecule has 6 heteroatoms. The first-order valence-electron chi connectivity index (χ1n) is 11.2. The molecule has 1 aromatic rings. The maximum Gasteiger partial charge on any atom is 0.236 e. The number of nitrogens with zero attached hydrogens (tertiary/aromatic N) is 1. The van der Waals surface area contributed by atoms with E-state index in [2.05, 4.69) is 26.1 Å². The van der Waals surface area contributed by atoms with E-state index >= 15 is 0 Å². The van der Waals surface area contributed by atoms with E-state index in [0.29, 0.717) is 31.8 Å². The molecule has 1 heterocycles. The molecule has 1 aliphatic heterocycles. The number of rotatable bonds is 5. The largest absolute Gasteiger partial charge is 0.353 e. The van der Waals surface area contributed by atoms with Gasteiger partial charge in [-0.1, -0.05) is 51.1 Å². The summed E-state index contributed by atoms with van der Waals surface area (Å²) in [6, 6.07) is 9.66. The highest BCUT2D eigenvalue weighted by molar-refractivity contribution is 7.92. The van der Waals surface area contributed by atoms with E-state index in [0.717, 1.165) is 12.0 Å². The Morgan fingerprint density at radius 2 is 1.77 bits per heavy atom. The van der Waals surface area contributed by atoms with E-state index in [-0.39, 0.29) is 28.7 Å². The van der Waals surface area contributed by atoms with Crippen LogP contribution >= 0.6 is 0 Å². The van der Waals surface area contributed by atoms with Crippen LogP contribution in [0.15, 0.2) is 35.7 Å². The van der Waals surface area contributed by atoms with Gasteiger partial charge in [-0.2, -0.15) is 4.31 Å².